The monoisotopic (exact) mass is 537 g/mol. The van der Waals surface area contributed by atoms with E-state index in [4.69, 9.17) is 14.2 Å². The molecule has 0 atom stereocenters. The molecule has 9 heteroatoms. The molecular formula is C29H26F3N3O2S. The summed E-state index contributed by atoms with van der Waals surface area (Å²) in [6, 6.07) is 11.6. The fraction of sp³-hybridized carbons (Fsp3) is 0.379. The first-order valence-corrected chi connectivity index (χ1v) is 13.7. The molecule has 2 aromatic carbocycles. The highest BCUT2D eigenvalue weighted by Gasteiger charge is 2.45. The minimum atomic E-state index is -4.46. The lowest BCUT2D eigenvalue weighted by Gasteiger charge is -2.46. The van der Waals surface area contributed by atoms with Gasteiger partial charge in [0.15, 0.2) is 5.13 Å². The first-order valence-electron chi connectivity index (χ1n) is 12.9. The molecule has 1 saturated carbocycles. The van der Waals surface area contributed by atoms with Crippen LogP contribution in [-0.2, 0) is 6.18 Å². The SMILES string of the molecule is COc1cccc2sc(N3CCC4(C=C(c5c(-c6ccccc6C(F)(F)F)noc5C5CC5)C4)CC3)nc12. The highest BCUT2D eigenvalue weighted by molar-refractivity contribution is 7.22. The highest BCUT2D eigenvalue weighted by atomic mass is 32.1. The number of anilines is 1. The van der Waals surface area contributed by atoms with Crippen LogP contribution in [0.15, 0.2) is 53.1 Å². The van der Waals surface area contributed by atoms with E-state index in [0.29, 0.717) is 5.69 Å². The number of alkyl halides is 3. The summed E-state index contributed by atoms with van der Waals surface area (Å²) in [4.78, 5) is 7.19. The number of rotatable bonds is 5. The minimum absolute atomic E-state index is 0.0547. The van der Waals surface area contributed by atoms with E-state index in [-0.39, 0.29) is 16.9 Å². The molecule has 1 spiro atoms. The summed E-state index contributed by atoms with van der Waals surface area (Å²) in [5.74, 6) is 1.78. The molecule has 0 unspecified atom stereocenters. The molecular weight excluding hydrogens is 511 g/mol. The summed E-state index contributed by atoms with van der Waals surface area (Å²) in [7, 11) is 1.66. The van der Waals surface area contributed by atoms with Crippen LogP contribution in [0.3, 0.4) is 0 Å². The molecule has 2 aliphatic carbocycles. The number of para-hydroxylation sites is 1. The van der Waals surface area contributed by atoms with Gasteiger partial charge < -0.3 is 14.2 Å². The van der Waals surface area contributed by atoms with Crippen LogP contribution in [0.25, 0.3) is 27.0 Å². The number of fused-ring (bicyclic) bond motifs is 1. The summed E-state index contributed by atoms with van der Waals surface area (Å²) in [6.07, 6.45) is 2.58. The first kappa shape index (κ1) is 23.8. The molecule has 0 N–H and O–H groups in total. The second-order valence-corrected chi connectivity index (χ2v) is 11.6. The molecule has 3 aliphatic rings. The minimum Gasteiger partial charge on any atom is -0.494 e. The van der Waals surface area contributed by atoms with E-state index in [2.05, 4.69) is 22.2 Å². The Morgan fingerprint density at radius 3 is 2.55 bits per heavy atom. The number of aromatic nitrogens is 2. The van der Waals surface area contributed by atoms with E-state index in [1.807, 2.05) is 12.1 Å². The number of halogens is 3. The zero-order chi connectivity index (χ0) is 26.1. The maximum Gasteiger partial charge on any atom is 0.417 e. The van der Waals surface area contributed by atoms with Crippen molar-refractivity contribution < 1.29 is 22.4 Å². The number of benzene rings is 2. The van der Waals surface area contributed by atoms with Crippen molar-refractivity contribution in [3.63, 3.8) is 0 Å². The molecule has 4 aromatic rings. The normalized spacial score (nSPS) is 19.1. The maximum atomic E-state index is 13.8. The molecule has 7 rings (SSSR count). The van der Waals surface area contributed by atoms with Crippen molar-refractivity contribution in [2.24, 2.45) is 5.41 Å². The van der Waals surface area contributed by atoms with Crippen LogP contribution in [0.1, 0.15) is 54.9 Å². The quantitative estimate of drug-likeness (QED) is 0.259. The molecule has 2 fully saturated rings. The molecule has 2 aromatic heterocycles. The van der Waals surface area contributed by atoms with Gasteiger partial charge in [-0.15, -0.1) is 0 Å². The summed E-state index contributed by atoms with van der Waals surface area (Å²) in [6.45, 7) is 1.77. The van der Waals surface area contributed by atoms with Gasteiger partial charge in [-0.2, -0.15) is 13.2 Å². The second kappa shape index (κ2) is 8.59. The zero-order valence-corrected chi connectivity index (χ0v) is 21.7. The molecule has 0 bridgehead atoms. The van der Waals surface area contributed by atoms with E-state index in [1.165, 1.54) is 12.1 Å². The van der Waals surface area contributed by atoms with Crippen molar-refractivity contribution >= 4 is 32.3 Å². The van der Waals surface area contributed by atoms with Gasteiger partial charge in [-0.25, -0.2) is 4.98 Å². The van der Waals surface area contributed by atoms with Crippen LogP contribution >= 0.6 is 11.3 Å². The Labute approximate surface area is 221 Å². The van der Waals surface area contributed by atoms with Gasteiger partial charge in [-0.3, -0.25) is 0 Å². The van der Waals surface area contributed by atoms with Crippen molar-refractivity contribution in [1.29, 1.82) is 0 Å². The third-order valence-electron chi connectivity index (χ3n) is 8.12. The van der Waals surface area contributed by atoms with Crippen molar-refractivity contribution in [2.45, 2.75) is 44.2 Å². The van der Waals surface area contributed by atoms with Gasteiger partial charge >= 0.3 is 6.18 Å². The standard InChI is InChI=1S/C29H26F3N3O2S/c1-36-21-7-4-8-22-25(21)33-27(38-22)35-13-11-28(12-14-35)15-18(16-28)23-24(34-37-26(23)17-9-10-17)19-5-2-3-6-20(19)29(30,31)32/h2-8,15,17H,9-14,16H2,1H3. The van der Waals surface area contributed by atoms with Crippen LogP contribution in [0.2, 0.25) is 0 Å². The van der Waals surface area contributed by atoms with E-state index >= 15 is 0 Å². The molecule has 1 saturated heterocycles. The Morgan fingerprint density at radius 1 is 1.08 bits per heavy atom. The number of nitrogens with zero attached hydrogens (tertiary/aromatic N) is 3. The number of piperidine rings is 1. The Morgan fingerprint density at radius 2 is 1.84 bits per heavy atom. The molecule has 5 nitrogen and oxygen atoms in total. The lowest BCUT2D eigenvalue weighted by molar-refractivity contribution is -0.137. The average molecular weight is 538 g/mol. The van der Waals surface area contributed by atoms with Gasteiger partial charge in [0.05, 0.1) is 17.4 Å². The number of ether oxygens (including phenoxy) is 1. The van der Waals surface area contributed by atoms with Crippen LogP contribution in [-0.4, -0.2) is 30.3 Å². The maximum absolute atomic E-state index is 13.8. The lowest BCUT2D eigenvalue weighted by atomic mass is 9.63. The Bertz CT molecular complexity index is 1560. The van der Waals surface area contributed by atoms with Crippen LogP contribution in [0, 0.1) is 5.41 Å². The van der Waals surface area contributed by atoms with Gasteiger partial charge in [0.2, 0.25) is 0 Å². The predicted octanol–water partition coefficient (Wildman–Crippen LogP) is 7.93. The van der Waals surface area contributed by atoms with Gasteiger partial charge in [-0.1, -0.05) is 46.8 Å². The molecule has 38 heavy (non-hydrogen) atoms. The highest BCUT2D eigenvalue weighted by Crippen LogP contribution is 2.56. The molecule has 3 heterocycles. The van der Waals surface area contributed by atoms with Crippen LogP contribution in [0.4, 0.5) is 18.3 Å². The Balaban J connectivity index is 1.16. The van der Waals surface area contributed by atoms with Crippen LogP contribution in [0.5, 0.6) is 5.75 Å². The third-order valence-corrected chi connectivity index (χ3v) is 9.20. The molecule has 0 amide bonds. The largest absolute Gasteiger partial charge is 0.494 e. The first-order chi connectivity index (χ1) is 18.4. The summed E-state index contributed by atoms with van der Waals surface area (Å²) in [5.41, 5.74) is 2.54. The van der Waals surface area contributed by atoms with E-state index in [9.17, 15) is 13.2 Å². The summed E-state index contributed by atoms with van der Waals surface area (Å²) in [5, 5.41) is 5.21. The zero-order valence-electron chi connectivity index (χ0n) is 20.8. The van der Waals surface area contributed by atoms with E-state index in [0.717, 1.165) is 89.3 Å². The summed E-state index contributed by atoms with van der Waals surface area (Å²) >= 11 is 1.68. The Kier molecular flexibility index (Phi) is 5.37. The van der Waals surface area contributed by atoms with Gasteiger partial charge in [-0.05, 0) is 61.3 Å². The number of hydrogen-bond acceptors (Lipinski definition) is 6. The number of hydrogen-bond donors (Lipinski definition) is 0. The third kappa shape index (κ3) is 3.90. The topological polar surface area (TPSA) is 51.4 Å². The van der Waals surface area contributed by atoms with Crippen molar-refractivity contribution in [2.75, 3.05) is 25.1 Å². The van der Waals surface area contributed by atoms with E-state index < -0.39 is 11.7 Å². The molecule has 196 valence electrons. The van der Waals surface area contributed by atoms with Crippen molar-refractivity contribution in [1.82, 2.24) is 10.1 Å². The summed E-state index contributed by atoms with van der Waals surface area (Å²) < 4.78 is 53.8. The predicted molar refractivity (Wildman–Crippen MR) is 142 cm³/mol. The molecule has 1 aliphatic heterocycles. The number of allylic oxidation sites excluding steroid dienone is 2. The van der Waals surface area contributed by atoms with Crippen molar-refractivity contribution in [3.05, 3.63) is 65.4 Å². The van der Waals surface area contributed by atoms with Gasteiger partial charge in [0.1, 0.15) is 22.7 Å². The van der Waals surface area contributed by atoms with E-state index in [1.54, 1.807) is 24.5 Å². The average Bonchev–Trinajstić information content (AvgIpc) is 3.49. The fourth-order valence-electron chi connectivity index (χ4n) is 5.91. The smallest absolute Gasteiger partial charge is 0.417 e. The van der Waals surface area contributed by atoms with Crippen LogP contribution < -0.4 is 9.64 Å². The Hall–Kier alpha value is -3.33. The lowest BCUT2D eigenvalue weighted by Crippen LogP contribution is -2.42. The van der Waals surface area contributed by atoms with Crippen molar-refractivity contribution in [3.8, 4) is 17.0 Å². The second-order valence-electron chi connectivity index (χ2n) is 10.6. The fourth-order valence-corrected chi connectivity index (χ4v) is 6.95. The van der Waals surface area contributed by atoms with Gasteiger partial charge in [0.25, 0.3) is 0 Å². The number of thiazole rings is 1. The number of methoxy groups -OCH3 is 1. The molecule has 0 radical (unpaired) electrons. The van der Waals surface area contributed by atoms with Gasteiger partial charge in [0, 0.05) is 30.1 Å².